The van der Waals surface area contributed by atoms with Crippen LogP contribution >= 0.6 is 0 Å². The fraction of sp³-hybridized carbons (Fsp3) is 0.333. The van der Waals surface area contributed by atoms with Crippen molar-refractivity contribution in [3.8, 4) is 11.5 Å². The number of ether oxygens (including phenoxy) is 3. The second kappa shape index (κ2) is 3.90. The number of aliphatic carboxylic acids is 1. The van der Waals surface area contributed by atoms with Gasteiger partial charge in [-0.1, -0.05) is 6.07 Å². The molecule has 0 aliphatic carbocycles. The molecule has 2 atom stereocenters. The van der Waals surface area contributed by atoms with Crippen LogP contribution in [0, 0.1) is 5.92 Å². The van der Waals surface area contributed by atoms with Crippen molar-refractivity contribution in [2.75, 3.05) is 6.79 Å². The van der Waals surface area contributed by atoms with E-state index in [1.165, 1.54) is 0 Å². The Morgan fingerprint density at radius 1 is 1.28 bits per heavy atom. The van der Waals surface area contributed by atoms with Crippen molar-refractivity contribution in [1.82, 2.24) is 0 Å². The summed E-state index contributed by atoms with van der Waals surface area (Å²) in [5, 5.41) is 9.07. The minimum Gasteiger partial charge on any atom is -0.481 e. The molecule has 1 aromatic rings. The number of hydrogen-bond donors (Lipinski definition) is 1. The second-order valence-corrected chi connectivity index (χ2v) is 4.17. The van der Waals surface area contributed by atoms with E-state index in [-0.39, 0.29) is 13.2 Å². The van der Waals surface area contributed by atoms with Crippen molar-refractivity contribution in [3.05, 3.63) is 23.8 Å². The number of cyclic esters (lactones) is 1. The van der Waals surface area contributed by atoms with Crippen molar-refractivity contribution < 1.29 is 28.9 Å². The molecule has 2 heterocycles. The number of esters is 1. The van der Waals surface area contributed by atoms with Crippen LogP contribution in [0.4, 0.5) is 0 Å². The molecular formula is C12H10O6. The third kappa shape index (κ3) is 1.66. The smallest absolute Gasteiger partial charge is 0.311 e. The van der Waals surface area contributed by atoms with E-state index in [9.17, 15) is 9.59 Å². The van der Waals surface area contributed by atoms with Gasteiger partial charge in [0.1, 0.15) is 12.0 Å². The molecule has 6 heteroatoms. The van der Waals surface area contributed by atoms with Gasteiger partial charge in [0.15, 0.2) is 11.5 Å². The normalized spacial score (nSPS) is 25.0. The number of hydrogen-bond acceptors (Lipinski definition) is 5. The zero-order valence-electron chi connectivity index (χ0n) is 9.29. The minimum absolute atomic E-state index is 0.103. The van der Waals surface area contributed by atoms with Crippen molar-refractivity contribution in [2.24, 2.45) is 5.92 Å². The van der Waals surface area contributed by atoms with Crippen molar-refractivity contribution >= 4 is 11.9 Å². The average molecular weight is 250 g/mol. The van der Waals surface area contributed by atoms with Gasteiger partial charge >= 0.3 is 11.9 Å². The molecule has 0 saturated carbocycles. The zero-order chi connectivity index (χ0) is 12.7. The van der Waals surface area contributed by atoms with Gasteiger partial charge in [-0.25, -0.2) is 0 Å². The lowest BCUT2D eigenvalue weighted by Gasteiger charge is -2.14. The highest BCUT2D eigenvalue weighted by Crippen LogP contribution is 2.40. The molecule has 2 aliphatic rings. The number of rotatable bonds is 2. The minimum atomic E-state index is -1.04. The Hall–Kier alpha value is -2.24. The van der Waals surface area contributed by atoms with Crippen LogP contribution in [0.5, 0.6) is 11.5 Å². The van der Waals surface area contributed by atoms with E-state index in [1.54, 1.807) is 18.2 Å². The quantitative estimate of drug-likeness (QED) is 0.791. The molecule has 0 aromatic heterocycles. The molecule has 2 aliphatic heterocycles. The number of carbonyl (C=O) groups excluding carboxylic acids is 1. The highest BCUT2D eigenvalue weighted by Gasteiger charge is 2.41. The lowest BCUT2D eigenvalue weighted by molar-refractivity contribution is -0.144. The second-order valence-electron chi connectivity index (χ2n) is 4.17. The van der Waals surface area contributed by atoms with Crippen LogP contribution < -0.4 is 9.47 Å². The molecule has 1 N–H and O–H groups in total. The maximum absolute atomic E-state index is 11.2. The third-order valence-electron chi connectivity index (χ3n) is 3.05. The number of carboxylic acid groups (broad SMARTS) is 1. The van der Waals surface area contributed by atoms with Gasteiger partial charge in [0.2, 0.25) is 6.79 Å². The fourth-order valence-electron chi connectivity index (χ4n) is 2.17. The molecule has 1 fully saturated rings. The summed E-state index contributed by atoms with van der Waals surface area (Å²) < 4.78 is 15.4. The first-order valence-corrected chi connectivity index (χ1v) is 5.47. The molecule has 6 nitrogen and oxygen atoms in total. The monoisotopic (exact) mass is 250 g/mol. The lowest BCUT2D eigenvalue weighted by atomic mass is 9.95. The van der Waals surface area contributed by atoms with Crippen LogP contribution in [-0.4, -0.2) is 23.8 Å². The maximum Gasteiger partial charge on any atom is 0.311 e. The summed E-state index contributed by atoms with van der Waals surface area (Å²) in [6, 6.07) is 5.02. The summed E-state index contributed by atoms with van der Waals surface area (Å²) in [4.78, 5) is 22.3. The first kappa shape index (κ1) is 10.9. The van der Waals surface area contributed by atoms with Gasteiger partial charge in [0.25, 0.3) is 0 Å². The number of carbonyl (C=O) groups is 2. The number of benzene rings is 1. The van der Waals surface area contributed by atoms with E-state index >= 15 is 0 Å². The predicted octanol–water partition coefficient (Wildman–Crippen LogP) is 1.10. The lowest BCUT2D eigenvalue weighted by Crippen LogP contribution is -2.17. The first-order chi connectivity index (χ1) is 8.65. The fourth-order valence-corrected chi connectivity index (χ4v) is 2.17. The SMILES string of the molecule is O=C1CC(C(=O)O)C(c2ccc3c(c2)OCO3)O1. The van der Waals surface area contributed by atoms with Crippen LogP contribution in [0.25, 0.3) is 0 Å². The molecule has 1 saturated heterocycles. The van der Waals surface area contributed by atoms with Gasteiger partial charge < -0.3 is 19.3 Å². The molecule has 3 rings (SSSR count). The zero-order valence-corrected chi connectivity index (χ0v) is 9.29. The third-order valence-corrected chi connectivity index (χ3v) is 3.05. The largest absolute Gasteiger partial charge is 0.481 e. The molecule has 94 valence electrons. The Morgan fingerprint density at radius 2 is 2.06 bits per heavy atom. The van der Waals surface area contributed by atoms with Crippen LogP contribution in [0.1, 0.15) is 18.1 Å². The summed E-state index contributed by atoms with van der Waals surface area (Å²) >= 11 is 0. The molecule has 0 bridgehead atoms. The van der Waals surface area contributed by atoms with Gasteiger partial charge in [-0.15, -0.1) is 0 Å². The van der Waals surface area contributed by atoms with E-state index in [0.717, 1.165) is 0 Å². The van der Waals surface area contributed by atoms with E-state index < -0.39 is 24.0 Å². The molecular weight excluding hydrogens is 240 g/mol. The molecule has 0 radical (unpaired) electrons. The molecule has 1 aromatic carbocycles. The van der Waals surface area contributed by atoms with Crippen LogP contribution in [-0.2, 0) is 14.3 Å². The van der Waals surface area contributed by atoms with Crippen LogP contribution in [0.2, 0.25) is 0 Å². The number of carboxylic acids is 1. The summed E-state index contributed by atoms with van der Waals surface area (Å²) in [6.07, 6.45) is -0.862. The van der Waals surface area contributed by atoms with Crippen molar-refractivity contribution in [2.45, 2.75) is 12.5 Å². The Kier molecular flexibility index (Phi) is 2.36. The Labute approximate surface area is 102 Å². The highest BCUT2D eigenvalue weighted by molar-refractivity contribution is 5.82. The predicted molar refractivity (Wildman–Crippen MR) is 57.1 cm³/mol. The van der Waals surface area contributed by atoms with Crippen molar-refractivity contribution in [3.63, 3.8) is 0 Å². The van der Waals surface area contributed by atoms with E-state index in [2.05, 4.69) is 0 Å². The van der Waals surface area contributed by atoms with Gasteiger partial charge in [-0.2, -0.15) is 0 Å². The maximum atomic E-state index is 11.2. The van der Waals surface area contributed by atoms with Crippen LogP contribution in [0.15, 0.2) is 18.2 Å². The number of fused-ring (bicyclic) bond motifs is 1. The van der Waals surface area contributed by atoms with E-state index in [4.69, 9.17) is 19.3 Å². The Balaban J connectivity index is 1.94. The topological polar surface area (TPSA) is 82.1 Å². The summed E-state index contributed by atoms with van der Waals surface area (Å²) in [7, 11) is 0. The molecule has 0 amide bonds. The van der Waals surface area contributed by atoms with Gasteiger partial charge in [0.05, 0.1) is 6.42 Å². The highest BCUT2D eigenvalue weighted by atomic mass is 16.7. The van der Waals surface area contributed by atoms with Gasteiger partial charge in [0, 0.05) is 0 Å². The van der Waals surface area contributed by atoms with Crippen molar-refractivity contribution in [1.29, 1.82) is 0 Å². The molecule has 18 heavy (non-hydrogen) atoms. The summed E-state index contributed by atoms with van der Waals surface area (Å²) in [6.45, 7) is 0.144. The molecule has 0 spiro atoms. The van der Waals surface area contributed by atoms with E-state index in [1.807, 2.05) is 0 Å². The summed E-state index contributed by atoms with van der Waals surface area (Å²) in [5.74, 6) is -1.24. The Morgan fingerprint density at radius 3 is 2.83 bits per heavy atom. The average Bonchev–Trinajstić information content (AvgIpc) is 2.93. The van der Waals surface area contributed by atoms with Gasteiger partial charge in [-0.05, 0) is 17.7 Å². The van der Waals surface area contributed by atoms with Gasteiger partial charge in [-0.3, -0.25) is 9.59 Å². The molecule has 2 unspecified atom stereocenters. The summed E-state index contributed by atoms with van der Waals surface area (Å²) in [5.41, 5.74) is 0.609. The van der Waals surface area contributed by atoms with Crippen LogP contribution in [0.3, 0.4) is 0 Å². The Bertz CT molecular complexity index is 523. The standard InChI is InChI=1S/C12H10O6/c13-10-4-7(12(14)15)11(18-10)6-1-2-8-9(3-6)17-5-16-8/h1-3,7,11H,4-5H2,(H,14,15). The first-order valence-electron chi connectivity index (χ1n) is 5.47. The van der Waals surface area contributed by atoms with E-state index in [0.29, 0.717) is 17.1 Å².